The van der Waals surface area contributed by atoms with Gasteiger partial charge in [-0.15, -0.1) is 0 Å². The van der Waals surface area contributed by atoms with Crippen molar-refractivity contribution in [2.24, 2.45) is 4.99 Å². The monoisotopic (exact) mass is 482 g/mol. The molecule has 1 aliphatic rings. The summed E-state index contributed by atoms with van der Waals surface area (Å²) in [4.78, 5) is 32.0. The molecule has 2 aromatic carbocycles. The minimum absolute atomic E-state index is 0.137. The molecule has 2 aromatic rings. The number of rotatable bonds is 8. The molecular formula is C25H30N4O4S. The second kappa shape index (κ2) is 11.6. The van der Waals surface area contributed by atoms with Crippen molar-refractivity contribution in [3.05, 3.63) is 65.4 Å². The molecule has 0 saturated carbocycles. The lowest BCUT2D eigenvalue weighted by atomic mass is 9.96. The molecule has 0 spiro atoms. The van der Waals surface area contributed by atoms with E-state index in [2.05, 4.69) is 10.6 Å². The number of carbonyl (C=O) groups excluding carboxylic acids is 2. The zero-order chi connectivity index (χ0) is 24.7. The molecule has 0 radical (unpaired) electrons. The first-order chi connectivity index (χ1) is 16.3. The highest BCUT2D eigenvalue weighted by Gasteiger charge is 2.30. The van der Waals surface area contributed by atoms with Gasteiger partial charge in [0.25, 0.3) is 0 Å². The number of aliphatic imine (C=N–C) groups is 1. The molecule has 0 aliphatic carbocycles. The molecule has 0 aromatic heterocycles. The number of hydrogen-bond donors (Lipinski definition) is 2. The Bertz CT molecular complexity index is 1100. The molecule has 1 atom stereocenters. The van der Waals surface area contributed by atoms with Crippen LogP contribution < -0.4 is 20.3 Å². The van der Waals surface area contributed by atoms with E-state index in [1.54, 1.807) is 26.2 Å². The average Bonchev–Trinajstić information content (AvgIpc) is 2.83. The van der Waals surface area contributed by atoms with E-state index in [0.29, 0.717) is 27.9 Å². The Labute approximate surface area is 204 Å². The summed E-state index contributed by atoms with van der Waals surface area (Å²) in [5.74, 6) is 0.130. The molecule has 1 heterocycles. The number of para-hydroxylation sites is 2. The Morgan fingerprint density at radius 1 is 1.15 bits per heavy atom. The van der Waals surface area contributed by atoms with Crippen molar-refractivity contribution in [2.75, 3.05) is 43.8 Å². The van der Waals surface area contributed by atoms with Crippen LogP contribution in [0.25, 0.3) is 0 Å². The quantitative estimate of drug-likeness (QED) is 0.550. The second-order valence-corrected chi connectivity index (χ2v) is 8.71. The Kier molecular flexibility index (Phi) is 8.59. The highest BCUT2D eigenvalue weighted by molar-refractivity contribution is 8.14. The lowest BCUT2D eigenvalue weighted by molar-refractivity contribution is -0.139. The molecule has 0 fully saturated rings. The number of anilines is 2. The second-order valence-electron chi connectivity index (χ2n) is 7.74. The van der Waals surface area contributed by atoms with Gasteiger partial charge in [-0.05, 0) is 43.7 Å². The summed E-state index contributed by atoms with van der Waals surface area (Å²) >= 11 is 1.27. The van der Waals surface area contributed by atoms with Gasteiger partial charge in [-0.25, -0.2) is 9.79 Å². The van der Waals surface area contributed by atoms with Crippen LogP contribution in [0.5, 0.6) is 5.75 Å². The molecule has 1 amide bonds. The van der Waals surface area contributed by atoms with E-state index in [9.17, 15) is 9.59 Å². The Balaban J connectivity index is 1.79. The van der Waals surface area contributed by atoms with Gasteiger partial charge in [-0.2, -0.15) is 0 Å². The maximum absolute atomic E-state index is 12.7. The smallest absolute Gasteiger partial charge is 0.338 e. The number of nitrogens with one attached hydrogen (secondary N) is 2. The van der Waals surface area contributed by atoms with Gasteiger partial charge in [-0.3, -0.25) is 4.79 Å². The summed E-state index contributed by atoms with van der Waals surface area (Å²) in [5, 5.41) is 6.57. The van der Waals surface area contributed by atoms with Crippen LogP contribution in [0.4, 0.5) is 11.4 Å². The number of benzene rings is 2. The Morgan fingerprint density at radius 2 is 1.85 bits per heavy atom. The molecule has 0 unspecified atom stereocenters. The van der Waals surface area contributed by atoms with Gasteiger partial charge in [0, 0.05) is 25.5 Å². The first kappa shape index (κ1) is 25.2. The topological polar surface area (TPSA) is 92.3 Å². The van der Waals surface area contributed by atoms with Crippen molar-refractivity contribution in [3.63, 3.8) is 0 Å². The van der Waals surface area contributed by atoms with Crippen LogP contribution in [0.3, 0.4) is 0 Å². The van der Waals surface area contributed by atoms with Gasteiger partial charge < -0.3 is 25.0 Å². The summed E-state index contributed by atoms with van der Waals surface area (Å²) in [5.41, 5.74) is 3.63. The molecule has 180 valence electrons. The van der Waals surface area contributed by atoms with Crippen LogP contribution in [0, 0.1) is 0 Å². The van der Waals surface area contributed by atoms with Crippen LogP contribution in [-0.4, -0.2) is 50.6 Å². The molecule has 0 bridgehead atoms. The van der Waals surface area contributed by atoms with Crippen molar-refractivity contribution in [2.45, 2.75) is 19.9 Å². The number of nitrogens with zero attached hydrogens (tertiary/aromatic N) is 2. The van der Waals surface area contributed by atoms with E-state index in [1.165, 1.54) is 11.8 Å². The minimum Gasteiger partial charge on any atom is -0.495 e. The fourth-order valence-corrected chi connectivity index (χ4v) is 4.20. The van der Waals surface area contributed by atoms with E-state index in [4.69, 9.17) is 14.5 Å². The van der Waals surface area contributed by atoms with Gasteiger partial charge in [0.05, 0.1) is 30.7 Å². The van der Waals surface area contributed by atoms with Crippen molar-refractivity contribution in [3.8, 4) is 5.75 Å². The van der Waals surface area contributed by atoms with Crippen molar-refractivity contribution >= 4 is 40.2 Å². The summed E-state index contributed by atoms with van der Waals surface area (Å²) in [6.07, 6.45) is 0. The Hall–Kier alpha value is -3.46. The highest BCUT2D eigenvalue weighted by atomic mass is 32.2. The van der Waals surface area contributed by atoms with Crippen LogP contribution in [0.15, 0.2) is 64.8 Å². The third-order valence-corrected chi connectivity index (χ3v) is 6.05. The summed E-state index contributed by atoms with van der Waals surface area (Å²) < 4.78 is 10.6. The number of amidine groups is 1. The predicted octanol–water partition coefficient (Wildman–Crippen LogP) is 3.97. The number of ether oxygens (including phenoxy) is 2. The number of carbonyl (C=O) groups is 2. The average molecular weight is 483 g/mol. The van der Waals surface area contributed by atoms with Gasteiger partial charge in [0.1, 0.15) is 11.8 Å². The summed E-state index contributed by atoms with van der Waals surface area (Å²) in [7, 11) is 5.50. The molecule has 2 N–H and O–H groups in total. The van der Waals surface area contributed by atoms with Crippen LogP contribution in [0.1, 0.15) is 25.5 Å². The number of amides is 1. The van der Waals surface area contributed by atoms with Gasteiger partial charge in [0.2, 0.25) is 5.91 Å². The van der Waals surface area contributed by atoms with Gasteiger partial charge in [0.15, 0.2) is 5.17 Å². The zero-order valence-electron chi connectivity index (χ0n) is 20.0. The lowest BCUT2D eigenvalue weighted by Gasteiger charge is -2.26. The summed E-state index contributed by atoms with van der Waals surface area (Å²) in [6.45, 7) is 3.86. The van der Waals surface area contributed by atoms with Crippen LogP contribution in [0.2, 0.25) is 0 Å². The van der Waals surface area contributed by atoms with Crippen LogP contribution in [-0.2, 0) is 14.3 Å². The largest absolute Gasteiger partial charge is 0.495 e. The number of thioether (sulfide) groups is 1. The number of esters is 1. The third kappa shape index (κ3) is 6.11. The van der Waals surface area contributed by atoms with Gasteiger partial charge in [-0.1, -0.05) is 36.0 Å². The molecule has 0 saturated heterocycles. The fraction of sp³-hybridized carbons (Fsp3) is 0.320. The molecule has 9 heteroatoms. The van der Waals surface area contributed by atoms with E-state index in [-0.39, 0.29) is 18.3 Å². The lowest BCUT2D eigenvalue weighted by Crippen LogP contribution is -2.31. The molecule has 34 heavy (non-hydrogen) atoms. The van der Waals surface area contributed by atoms with E-state index in [0.717, 1.165) is 11.3 Å². The third-order valence-electron chi connectivity index (χ3n) is 5.16. The molecule has 8 nitrogen and oxygen atoms in total. The number of methoxy groups -OCH3 is 1. The fourth-order valence-electron chi connectivity index (χ4n) is 3.46. The number of hydrogen-bond acceptors (Lipinski definition) is 8. The summed E-state index contributed by atoms with van der Waals surface area (Å²) in [6, 6.07) is 14.6. The van der Waals surface area contributed by atoms with E-state index in [1.807, 2.05) is 62.3 Å². The minimum atomic E-state index is -0.531. The van der Waals surface area contributed by atoms with Crippen molar-refractivity contribution in [1.82, 2.24) is 5.32 Å². The first-order valence-corrected chi connectivity index (χ1v) is 11.9. The zero-order valence-corrected chi connectivity index (χ0v) is 20.9. The highest BCUT2D eigenvalue weighted by Crippen LogP contribution is 2.34. The van der Waals surface area contributed by atoms with Crippen molar-refractivity contribution < 1.29 is 19.1 Å². The molecule has 1 aliphatic heterocycles. The molecule has 3 rings (SSSR count). The maximum atomic E-state index is 12.7. The normalized spacial score (nSPS) is 15.2. The first-order valence-electron chi connectivity index (χ1n) is 10.9. The maximum Gasteiger partial charge on any atom is 0.338 e. The van der Waals surface area contributed by atoms with Crippen LogP contribution >= 0.6 is 11.8 Å². The standard InChI is InChI=1S/C25H30N4O4S/c1-6-33-24(31)22-16(2)26-25(28-23(22)17-11-13-18(14-12-17)29(3)4)34-15-21(30)27-19-9-7-8-10-20(19)32-5/h7-14,23H,6,15H2,1-5H3,(H,26,28)(H,27,30)/t23-/m0/s1. The Morgan fingerprint density at radius 3 is 2.50 bits per heavy atom. The van der Waals surface area contributed by atoms with Gasteiger partial charge >= 0.3 is 5.97 Å². The molecular weight excluding hydrogens is 452 g/mol. The van der Waals surface area contributed by atoms with Crippen molar-refractivity contribution in [1.29, 1.82) is 0 Å². The van der Waals surface area contributed by atoms with E-state index >= 15 is 0 Å². The SMILES string of the molecule is CCOC(=O)C1=C(C)NC(SCC(=O)Nc2ccccc2OC)=N[C@H]1c1ccc(N(C)C)cc1. The number of allylic oxidation sites excluding steroid dienone is 1. The van der Waals surface area contributed by atoms with E-state index < -0.39 is 12.0 Å². The predicted molar refractivity (Wildman–Crippen MR) is 137 cm³/mol.